The van der Waals surface area contributed by atoms with E-state index in [2.05, 4.69) is 12.4 Å². The van der Waals surface area contributed by atoms with E-state index in [0.29, 0.717) is 0 Å². The molecule has 0 spiro atoms. The zero-order chi connectivity index (χ0) is 11.7. The van der Waals surface area contributed by atoms with Crippen LogP contribution in [0, 0.1) is 6.92 Å². The number of nitrogens with one attached hydrogen (secondary N) is 1. The molecule has 0 amide bonds. The predicted molar refractivity (Wildman–Crippen MR) is 63.8 cm³/mol. The van der Waals surface area contributed by atoms with Gasteiger partial charge < -0.3 is 9.57 Å². The summed E-state index contributed by atoms with van der Waals surface area (Å²) in [4.78, 5) is 5.02. The Hall–Kier alpha value is -0.770. The average molecular weight is 242 g/mol. The Balaban J connectivity index is 2.41. The number of hydroxylamine groups is 1. The molecule has 2 unspecified atom stereocenters. The van der Waals surface area contributed by atoms with Gasteiger partial charge in [0.25, 0.3) is 0 Å². The third-order valence-electron chi connectivity index (χ3n) is 2.89. The molecule has 1 N–H and O–H groups in total. The van der Waals surface area contributed by atoms with Crippen LogP contribution in [0.15, 0.2) is 12.1 Å². The van der Waals surface area contributed by atoms with Crippen molar-refractivity contribution in [3.05, 3.63) is 28.3 Å². The normalized spacial score (nSPS) is 23.0. The molecule has 88 valence electrons. The minimum Gasteiger partial charge on any atom is -0.488 e. The number of benzene rings is 1. The summed E-state index contributed by atoms with van der Waals surface area (Å²) in [6.45, 7) is 4.10. The van der Waals surface area contributed by atoms with Crippen LogP contribution < -0.4 is 10.2 Å². The summed E-state index contributed by atoms with van der Waals surface area (Å²) < 4.78 is 5.91. The van der Waals surface area contributed by atoms with Crippen molar-refractivity contribution in [2.45, 2.75) is 32.4 Å². The summed E-state index contributed by atoms with van der Waals surface area (Å²) in [7, 11) is 1.61. The Kier molecular flexibility index (Phi) is 3.38. The van der Waals surface area contributed by atoms with Gasteiger partial charge in [-0.2, -0.15) is 5.48 Å². The van der Waals surface area contributed by atoms with Crippen LogP contribution in [0.3, 0.4) is 0 Å². The number of hydrogen-bond acceptors (Lipinski definition) is 3. The van der Waals surface area contributed by atoms with Crippen molar-refractivity contribution in [1.29, 1.82) is 0 Å². The van der Waals surface area contributed by atoms with Crippen molar-refractivity contribution in [1.82, 2.24) is 5.48 Å². The Bertz CT molecular complexity index is 395. The van der Waals surface area contributed by atoms with Crippen LogP contribution in [-0.4, -0.2) is 13.2 Å². The maximum atomic E-state index is 6.06. The van der Waals surface area contributed by atoms with E-state index in [9.17, 15) is 0 Å². The van der Waals surface area contributed by atoms with Crippen LogP contribution in [0.25, 0.3) is 0 Å². The first-order chi connectivity index (χ1) is 7.67. The summed E-state index contributed by atoms with van der Waals surface area (Å²) in [6, 6.07) is 3.92. The smallest absolute Gasteiger partial charge is 0.127 e. The topological polar surface area (TPSA) is 30.5 Å². The lowest BCUT2D eigenvalue weighted by molar-refractivity contribution is 0.0283. The van der Waals surface area contributed by atoms with Gasteiger partial charge in [-0.05, 0) is 31.0 Å². The third kappa shape index (κ3) is 1.90. The van der Waals surface area contributed by atoms with Crippen molar-refractivity contribution in [2.75, 3.05) is 7.11 Å². The number of rotatable bonds is 3. The molecule has 0 saturated heterocycles. The van der Waals surface area contributed by atoms with Crippen LogP contribution in [0.5, 0.6) is 5.75 Å². The highest BCUT2D eigenvalue weighted by Crippen LogP contribution is 2.41. The molecule has 16 heavy (non-hydrogen) atoms. The Morgan fingerprint density at radius 3 is 2.88 bits per heavy atom. The minimum absolute atomic E-state index is 0.0578. The molecule has 2 atom stereocenters. The summed E-state index contributed by atoms with van der Waals surface area (Å²) in [5, 5.41) is 0.736. The highest BCUT2D eigenvalue weighted by atomic mass is 35.5. The molecular formula is C12H16ClNO2. The molecule has 4 heteroatoms. The first-order valence-electron chi connectivity index (χ1n) is 5.42. The van der Waals surface area contributed by atoms with E-state index in [1.54, 1.807) is 7.11 Å². The van der Waals surface area contributed by atoms with Gasteiger partial charge >= 0.3 is 0 Å². The average Bonchev–Trinajstić information content (AvgIpc) is 2.58. The summed E-state index contributed by atoms with van der Waals surface area (Å²) >= 11 is 6.06. The number of ether oxygens (including phenoxy) is 1. The lowest BCUT2D eigenvalue weighted by atomic mass is 10.0. The van der Waals surface area contributed by atoms with Crippen molar-refractivity contribution in [3.8, 4) is 5.75 Å². The maximum Gasteiger partial charge on any atom is 0.127 e. The van der Waals surface area contributed by atoms with Gasteiger partial charge in [0, 0.05) is 10.6 Å². The van der Waals surface area contributed by atoms with Gasteiger partial charge in [0.2, 0.25) is 0 Å². The molecule has 0 bridgehead atoms. The minimum atomic E-state index is 0.0578. The SMILES string of the molecule is CCC1Oc2c(C)cc(Cl)cc2C1NOC. The second-order valence-electron chi connectivity index (χ2n) is 4.01. The molecule has 1 heterocycles. The molecule has 1 aliphatic heterocycles. The van der Waals surface area contributed by atoms with Crippen LogP contribution in [0.1, 0.15) is 30.5 Å². The molecule has 1 aliphatic rings. The zero-order valence-corrected chi connectivity index (χ0v) is 10.5. The lowest BCUT2D eigenvalue weighted by Crippen LogP contribution is -2.29. The molecule has 0 aromatic heterocycles. The second-order valence-corrected chi connectivity index (χ2v) is 4.44. The van der Waals surface area contributed by atoms with Crippen LogP contribution >= 0.6 is 11.6 Å². The fourth-order valence-corrected chi connectivity index (χ4v) is 2.43. The van der Waals surface area contributed by atoms with Gasteiger partial charge in [0.1, 0.15) is 11.9 Å². The Morgan fingerprint density at radius 1 is 1.50 bits per heavy atom. The highest BCUT2D eigenvalue weighted by Gasteiger charge is 2.34. The fourth-order valence-electron chi connectivity index (χ4n) is 2.15. The Morgan fingerprint density at radius 2 is 2.25 bits per heavy atom. The van der Waals surface area contributed by atoms with Gasteiger partial charge in [-0.25, -0.2) is 0 Å². The van der Waals surface area contributed by atoms with E-state index in [1.165, 1.54) is 0 Å². The number of aryl methyl sites for hydroxylation is 1. The molecule has 1 aromatic rings. The molecule has 2 rings (SSSR count). The largest absolute Gasteiger partial charge is 0.488 e. The molecule has 0 fully saturated rings. The predicted octanol–water partition coefficient (Wildman–Crippen LogP) is 3.01. The third-order valence-corrected chi connectivity index (χ3v) is 3.11. The zero-order valence-electron chi connectivity index (χ0n) is 9.71. The van der Waals surface area contributed by atoms with E-state index in [-0.39, 0.29) is 12.1 Å². The van der Waals surface area contributed by atoms with Crippen molar-refractivity contribution in [2.24, 2.45) is 0 Å². The van der Waals surface area contributed by atoms with Gasteiger partial charge in [0.05, 0.1) is 13.2 Å². The number of fused-ring (bicyclic) bond motifs is 1. The van der Waals surface area contributed by atoms with E-state index < -0.39 is 0 Å². The molecule has 0 radical (unpaired) electrons. The van der Waals surface area contributed by atoms with Gasteiger partial charge in [-0.15, -0.1) is 0 Å². The maximum absolute atomic E-state index is 6.06. The summed E-state index contributed by atoms with van der Waals surface area (Å²) in [5.41, 5.74) is 5.13. The standard InChI is InChI=1S/C12H16ClNO2/c1-4-10-11(14-15-3)9-6-8(13)5-7(2)12(9)16-10/h5-6,10-11,14H,4H2,1-3H3. The highest BCUT2D eigenvalue weighted by molar-refractivity contribution is 6.30. The van der Waals surface area contributed by atoms with Gasteiger partial charge in [0.15, 0.2) is 0 Å². The molecule has 1 aromatic carbocycles. The summed E-state index contributed by atoms with van der Waals surface area (Å²) in [5.74, 6) is 0.936. The van der Waals surface area contributed by atoms with Crippen LogP contribution in [0.2, 0.25) is 5.02 Å². The second kappa shape index (κ2) is 4.62. The molecular weight excluding hydrogens is 226 g/mol. The van der Waals surface area contributed by atoms with E-state index >= 15 is 0 Å². The number of hydrogen-bond donors (Lipinski definition) is 1. The van der Waals surface area contributed by atoms with Gasteiger partial charge in [-0.3, -0.25) is 0 Å². The first-order valence-corrected chi connectivity index (χ1v) is 5.80. The van der Waals surface area contributed by atoms with Crippen molar-refractivity contribution < 1.29 is 9.57 Å². The molecule has 0 aliphatic carbocycles. The molecule has 0 saturated carbocycles. The van der Waals surface area contributed by atoms with Crippen molar-refractivity contribution >= 4 is 11.6 Å². The number of halogens is 1. The van der Waals surface area contributed by atoms with Crippen LogP contribution in [-0.2, 0) is 4.84 Å². The molecule has 3 nitrogen and oxygen atoms in total. The fraction of sp³-hybridized carbons (Fsp3) is 0.500. The first kappa shape index (κ1) is 11.7. The van der Waals surface area contributed by atoms with E-state index in [1.807, 2.05) is 19.1 Å². The van der Waals surface area contributed by atoms with Crippen LogP contribution in [0.4, 0.5) is 0 Å². The monoisotopic (exact) mass is 241 g/mol. The summed E-state index contributed by atoms with van der Waals surface area (Å²) in [6.07, 6.45) is 1.03. The van der Waals surface area contributed by atoms with E-state index in [4.69, 9.17) is 21.2 Å². The lowest BCUT2D eigenvalue weighted by Gasteiger charge is -2.17. The van der Waals surface area contributed by atoms with Gasteiger partial charge in [-0.1, -0.05) is 18.5 Å². The van der Waals surface area contributed by atoms with E-state index in [0.717, 1.165) is 28.3 Å². The quantitative estimate of drug-likeness (QED) is 0.826. The Labute approximate surface area is 101 Å². The van der Waals surface area contributed by atoms with Crippen molar-refractivity contribution in [3.63, 3.8) is 0 Å².